The average molecular weight is 459 g/mol. The molecule has 0 aliphatic carbocycles. The number of hydrogen-bond donors (Lipinski definition) is 0. The summed E-state index contributed by atoms with van der Waals surface area (Å²) in [4.78, 5) is 15.8. The van der Waals surface area contributed by atoms with E-state index >= 15 is 0 Å². The lowest BCUT2D eigenvalue weighted by molar-refractivity contribution is -0.00521. The molecule has 4 nitrogen and oxygen atoms in total. The van der Waals surface area contributed by atoms with Crippen LogP contribution in [0.1, 0.15) is 19.4 Å². The van der Waals surface area contributed by atoms with Crippen LogP contribution in [0.5, 0.6) is 0 Å². The van der Waals surface area contributed by atoms with Crippen LogP contribution in [0, 0.1) is 6.92 Å². The fraction of sp³-hybridized carbons (Fsp3) is 0.250. The van der Waals surface area contributed by atoms with Gasteiger partial charge in [0.15, 0.2) is 0 Å². The van der Waals surface area contributed by atoms with E-state index < -0.39 is 0 Å². The van der Waals surface area contributed by atoms with Crippen LogP contribution in [-0.2, 0) is 4.74 Å². The Labute approximate surface area is 199 Å². The van der Waals surface area contributed by atoms with Gasteiger partial charge in [0, 0.05) is 41.1 Å². The molecule has 4 aromatic rings. The first-order valence-corrected chi connectivity index (χ1v) is 11.7. The van der Waals surface area contributed by atoms with Crippen LogP contribution >= 0.6 is 11.6 Å². The number of halogens is 1. The Kier molecular flexibility index (Phi) is 5.73. The van der Waals surface area contributed by atoms with E-state index in [2.05, 4.69) is 43.9 Å². The highest BCUT2D eigenvalue weighted by Gasteiger charge is 2.22. The summed E-state index contributed by atoms with van der Waals surface area (Å²) in [5, 5.41) is 2.39. The van der Waals surface area contributed by atoms with E-state index in [9.17, 15) is 4.79 Å². The monoisotopic (exact) mass is 458 g/mol. The van der Waals surface area contributed by atoms with Crippen LogP contribution in [0.4, 0.5) is 5.69 Å². The van der Waals surface area contributed by atoms with Gasteiger partial charge in [-0.3, -0.25) is 9.36 Å². The van der Waals surface area contributed by atoms with Crippen LogP contribution in [0.3, 0.4) is 0 Å². The zero-order valence-electron chi connectivity index (χ0n) is 19.1. The zero-order chi connectivity index (χ0) is 23.1. The number of nitrogens with zero attached hydrogens (tertiary/aromatic N) is 2. The first kappa shape index (κ1) is 21.7. The SMILES string of the molecule is Cc1cn(-c2ccc(N3C[C@@H](C)O[C@@H](C)C3)cc2)c(=O)c2cccc(-c3ccc(Cl)cc3)c12. The summed E-state index contributed by atoms with van der Waals surface area (Å²) < 4.78 is 7.60. The smallest absolute Gasteiger partial charge is 0.262 e. The van der Waals surface area contributed by atoms with Crippen molar-refractivity contribution in [2.24, 2.45) is 0 Å². The predicted octanol–water partition coefficient (Wildman–Crippen LogP) is 6.23. The van der Waals surface area contributed by atoms with E-state index in [0.29, 0.717) is 10.4 Å². The lowest BCUT2D eigenvalue weighted by atomic mass is 9.96. The predicted molar refractivity (Wildman–Crippen MR) is 137 cm³/mol. The summed E-state index contributed by atoms with van der Waals surface area (Å²) in [6.07, 6.45) is 2.35. The molecule has 0 saturated carbocycles. The van der Waals surface area contributed by atoms with Crippen molar-refractivity contribution >= 4 is 28.1 Å². The second-order valence-electron chi connectivity index (χ2n) is 8.90. The maximum absolute atomic E-state index is 13.5. The maximum Gasteiger partial charge on any atom is 0.262 e. The highest BCUT2D eigenvalue weighted by molar-refractivity contribution is 6.30. The van der Waals surface area contributed by atoms with Crippen LogP contribution < -0.4 is 10.5 Å². The summed E-state index contributed by atoms with van der Waals surface area (Å²) in [6.45, 7) is 8.00. The highest BCUT2D eigenvalue weighted by atomic mass is 35.5. The van der Waals surface area contributed by atoms with E-state index in [1.165, 1.54) is 0 Å². The van der Waals surface area contributed by atoms with E-state index in [0.717, 1.165) is 46.5 Å². The van der Waals surface area contributed by atoms with Crippen LogP contribution in [0.2, 0.25) is 5.02 Å². The van der Waals surface area contributed by atoms with Crippen molar-refractivity contribution in [2.45, 2.75) is 33.0 Å². The maximum atomic E-state index is 13.5. The topological polar surface area (TPSA) is 34.5 Å². The molecular formula is C28H27ClN2O2. The molecule has 0 radical (unpaired) electrons. The molecule has 5 heteroatoms. The number of aryl methyl sites for hydroxylation is 1. The average Bonchev–Trinajstić information content (AvgIpc) is 2.81. The molecule has 0 spiro atoms. The van der Waals surface area contributed by atoms with Gasteiger partial charge in [-0.1, -0.05) is 35.9 Å². The van der Waals surface area contributed by atoms with Gasteiger partial charge >= 0.3 is 0 Å². The molecule has 168 valence electrons. The molecule has 0 unspecified atom stereocenters. The summed E-state index contributed by atoms with van der Waals surface area (Å²) in [5.74, 6) is 0. The standard InChI is InChI=1S/C28H27ClN2O2/c1-18-15-31(24-13-11-23(12-14-24)30-16-19(2)33-20(3)17-30)28(32)26-6-4-5-25(27(18)26)21-7-9-22(29)10-8-21/h4-15,19-20H,16-17H2,1-3H3/t19-,20+. The number of anilines is 1. The fourth-order valence-corrected chi connectivity index (χ4v) is 5.00. The van der Waals surface area contributed by atoms with Crippen molar-refractivity contribution in [3.63, 3.8) is 0 Å². The molecule has 0 N–H and O–H groups in total. The fourth-order valence-electron chi connectivity index (χ4n) is 4.88. The Bertz CT molecular complexity index is 1350. The van der Waals surface area contributed by atoms with Gasteiger partial charge in [0.05, 0.1) is 12.2 Å². The second-order valence-corrected chi connectivity index (χ2v) is 9.34. The number of morpholine rings is 1. The molecule has 1 saturated heterocycles. The van der Waals surface area contributed by atoms with Gasteiger partial charge in [0.2, 0.25) is 0 Å². The van der Waals surface area contributed by atoms with Gasteiger partial charge in [0.1, 0.15) is 0 Å². The first-order valence-electron chi connectivity index (χ1n) is 11.3. The van der Waals surface area contributed by atoms with E-state index in [1.807, 2.05) is 54.7 Å². The number of fused-ring (bicyclic) bond motifs is 1. The molecule has 0 bridgehead atoms. The largest absolute Gasteiger partial charge is 0.372 e. The Morgan fingerprint density at radius 3 is 2.18 bits per heavy atom. The third kappa shape index (κ3) is 4.17. The number of aromatic nitrogens is 1. The molecule has 1 aliphatic heterocycles. The van der Waals surface area contributed by atoms with Gasteiger partial charge in [0.25, 0.3) is 5.56 Å². The van der Waals surface area contributed by atoms with Crippen molar-refractivity contribution in [2.75, 3.05) is 18.0 Å². The van der Waals surface area contributed by atoms with Crippen molar-refractivity contribution in [3.8, 4) is 16.8 Å². The number of rotatable bonds is 3. The quantitative estimate of drug-likeness (QED) is 0.365. The van der Waals surface area contributed by atoms with Crippen molar-refractivity contribution < 1.29 is 4.74 Å². The molecule has 3 aromatic carbocycles. The van der Waals surface area contributed by atoms with E-state index in [-0.39, 0.29) is 17.8 Å². The summed E-state index contributed by atoms with van der Waals surface area (Å²) in [5.41, 5.74) is 5.12. The molecule has 2 heterocycles. The van der Waals surface area contributed by atoms with Gasteiger partial charge < -0.3 is 9.64 Å². The third-order valence-corrected chi connectivity index (χ3v) is 6.55. The van der Waals surface area contributed by atoms with Crippen LogP contribution in [0.15, 0.2) is 77.7 Å². The molecule has 0 amide bonds. The molecule has 5 rings (SSSR count). The van der Waals surface area contributed by atoms with Crippen molar-refractivity contribution in [3.05, 3.63) is 93.9 Å². The lowest BCUT2D eigenvalue weighted by Gasteiger charge is -2.36. The summed E-state index contributed by atoms with van der Waals surface area (Å²) in [6, 6.07) is 21.9. The Morgan fingerprint density at radius 2 is 1.52 bits per heavy atom. The lowest BCUT2D eigenvalue weighted by Crippen LogP contribution is -2.45. The Balaban J connectivity index is 1.55. The molecule has 33 heavy (non-hydrogen) atoms. The molecule has 2 atom stereocenters. The minimum Gasteiger partial charge on any atom is -0.372 e. The minimum atomic E-state index is -0.0206. The van der Waals surface area contributed by atoms with Crippen LogP contribution in [0.25, 0.3) is 27.6 Å². The molecule has 1 aliphatic rings. The van der Waals surface area contributed by atoms with Gasteiger partial charge in [-0.2, -0.15) is 0 Å². The number of pyridine rings is 1. The molecular weight excluding hydrogens is 432 g/mol. The van der Waals surface area contributed by atoms with Gasteiger partial charge in [-0.25, -0.2) is 0 Å². The van der Waals surface area contributed by atoms with Gasteiger partial charge in [-0.05, 0) is 85.3 Å². The van der Waals surface area contributed by atoms with E-state index in [4.69, 9.17) is 16.3 Å². The summed E-state index contributed by atoms with van der Waals surface area (Å²) in [7, 11) is 0. The second kappa shape index (κ2) is 8.69. The van der Waals surface area contributed by atoms with E-state index in [1.54, 1.807) is 4.57 Å². The number of hydrogen-bond acceptors (Lipinski definition) is 3. The highest BCUT2D eigenvalue weighted by Crippen LogP contribution is 2.31. The molecule has 1 fully saturated rings. The third-order valence-electron chi connectivity index (χ3n) is 6.30. The van der Waals surface area contributed by atoms with Crippen LogP contribution in [-0.4, -0.2) is 29.9 Å². The Morgan fingerprint density at radius 1 is 0.879 bits per heavy atom. The van der Waals surface area contributed by atoms with Crippen molar-refractivity contribution in [1.29, 1.82) is 0 Å². The molecule has 1 aromatic heterocycles. The van der Waals surface area contributed by atoms with Gasteiger partial charge in [-0.15, -0.1) is 0 Å². The summed E-state index contributed by atoms with van der Waals surface area (Å²) >= 11 is 6.07. The normalized spacial score (nSPS) is 18.6. The van der Waals surface area contributed by atoms with Crippen molar-refractivity contribution in [1.82, 2.24) is 4.57 Å². The number of benzene rings is 3. The number of ether oxygens (including phenoxy) is 1. The zero-order valence-corrected chi connectivity index (χ0v) is 19.8. The minimum absolute atomic E-state index is 0.0206. The first-order chi connectivity index (χ1) is 15.9. The Hall–Kier alpha value is -3.08.